The first-order valence-electron chi connectivity index (χ1n) is 19.0. The second-order valence-electron chi connectivity index (χ2n) is 16.1. The zero-order valence-electron chi connectivity index (χ0n) is 30.7. The Balaban J connectivity index is 1.38. The van der Waals surface area contributed by atoms with Crippen molar-refractivity contribution >= 4 is 41.1 Å². The fourth-order valence-electron chi connectivity index (χ4n) is 8.11. The molecule has 2 heterocycles. The van der Waals surface area contributed by atoms with Crippen LogP contribution < -0.4 is 21.3 Å². The van der Waals surface area contributed by atoms with Gasteiger partial charge in [0.05, 0.1) is 12.1 Å². The van der Waals surface area contributed by atoms with Gasteiger partial charge in [-0.25, -0.2) is 0 Å². The summed E-state index contributed by atoms with van der Waals surface area (Å²) < 4.78 is 0. The number of nitro groups is 1. The summed E-state index contributed by atoms with van der Waals surface area (Å²) in [4.78, 5) is 94.3. The smallest absolute Gasteiger partial charge is 0.343 e. The molecule has 1 aromatic heterocycles. The summed E-state index contributed by atoms with van der Waals surface area (Å²) in [7, 11) is 0. The van der Waals surface area contributed by atoms with E-state index in [1.54, 1.807) is 4.90 Å². The van der Waals surface area contributed by atoms with Crippen molar-refractivity contribution in [2.24, 2.45) is 17.3 Å². The molecule has 4 aliphatic rings. The van der Waals surface area contributed by atoms with Gasteiger partial charge in [-0.1, -0.05) is 71.3 Å². The molecule has 1 aromatic rings. The first kappa shape index (κ1) is 38.9. The van der Waals surface area contributed by atoms with E-state index in [0.717, 1.165) is 57.4 Å². The number of likely N-dealkylation sites (tertiary alicyclic amines) is 1. The number of nitrogens with one attached hydrogen (secondary N) is 5. The summed E-state index contributed by atoms with van der Waals surface area (Å²) in [5, 5.41) is 28.4. The Morgan fingerprint density at radius 3 is 2.25 bits per heavy atom. The van der Waals surface area contributed by atoms with Crippen LogP contribution in [-0.2, 0) is 24.0 Å². The predicted molar refractivity (Wildman–Crippen MR) is 188 cm³/mol. The van der Waals surface area contributed by atoms with Crippen LogP contribution in [0.2, 0.25) is 0 Å². The molecular formula is C36H54N8O8. The average molecular weight is 727 g/mol. The zero-order chi connectivity index (χ0) is 37.7. The van der Waals surface area contributed by atoms with Crippen LogP contribution in [0.15, 0.2) is 6.07 Å². The maximum Gasteiger partial charge on any atom is 0.343 e. The number of H-pyrrole nitrogens is 1. The third kappa shape index (κ3) is 9.16. The number of aromatic amines is 1. The van der Waals surface area contributed by atoms with Crippen LogP contribution in [0.4, 0.5) is 5.82 Å². The predicted octanol–water partition coefficient (Wildman–Crippen LogP) is 2.82. The van der Waals surface area contributed by atoms with E-state index in [-0.39, 0.29) is 36.0 Å². The summed E-state index contributed by atoms with van der Waals surface area (Å²) in [6, 6.07) is -3.28. The minimum Gasteiger partial charge on any atom is -0.358 e. The summed E-state index contributed by atoms with van der Waals surface area (Å²) in [5.41, 5.74) is -1.05. The highest BCUT2D eigenvalue weighted by molar-refractivity contribution is 6.38. The number of nitrogens with zero attached hydrogens (tertiary/aromatic N) is 3. The van der Waals surface area contributed by atoms with Crippen molar-refractivity contribution in [3.63, 3.8) is 0 Å². The molecule has 5 N–H and O–H groups in total. The highest BCUT2D eigenvalue weighted by atomic mass is 16.6. The van der Waals surface area contributed by atoms with Crippen LogP contribution in [0.1, 0.15) is 128 Å². The van der Waals surface area contributed by atoms with Crippen LogP contribution in [0.25, 0.3) is 0 Å². The number of hydrogen-bond donors (Lipinski definition) is 5. The highest BCUT2D eigenvalue weighted by Crippen LogP contribution is 2.41. The molecule has 4 fully saturated rings. The van der Waals surface area contributed by atoms with E-state index in [0.29, 0.717) is 32.1 Å². The van der Waals surface area contributed by atoms with E-state index in [1.165, 1.54) is 0 Å². The number of carbonyl (C=O) groups is 6. The molecule has 0 aromatic carbocycles. The van der Waals surface area contributed by atoms with E-state index < -0.39 is 75.6 Å². The van der Waals surface area contributed by atoms with Crippen molar-refractivity contribution < 1.29 is 33.7 Å². The minimum absolute atomic E-state index is 0.0113. The number of rotatable bonds is 14. The molecule has 5 rings (SSSR count). The van der Waals surface area contributed by atoms with E-state index in [1.807, 2.05) is 27.7 Å². The monoisotopic (exact) mass is 726 g/mol. The second kappa shape index (κ2) is 16.5. The summed E-state index contributed by atoms with van der Waals surface area (Å²) >= 11 is 0. The van der Waals surface area contributed by atoms with Crippen LogP contribution in [-0.4, -0.2) is 91.6 Å². The highest BCUT2D eigenvalue weighted by Gasteiger charge is 2.51. The van der Waals surface area contributed by atoms with Gasteiger partial charge >= 0.3 is 5.82 Å². The van der Waals surface area contributed by atoms with Crippen LogP contribution in [0.5, 0.6) is 0 Å². The van der Waals surface area contributed by atoms with Gasteiger partial charge < -0.3 is 36.3 Å². The number of Topliss-reactive ketones (excluding diaryl/α,β-unsaturated/α-hetero) is 1. The lowest BCUT2D eigenvalue weighted by molar-refractivity contribution is -0.389. The molecule has 6 atom stereocenters. The van der Waals surface area contributed by atoms with Crippen molar-refractivity contribution in [2.45, 2.75) is 154 Å². The zero-order valence-corrected chi connectivity index (χ0v) is 30.7. The van der Waals surface area contributed by atoms with E-state index >= 15 is 0 Å². The molecule has 52 heavy (non-hydrogen) atoms. The molecule has 0 radical (unpaired) electrons. The molecule has 0 bridgehead atoms. The van der Waals surface area contributed by atoms with Crippen LogP contribution in [0, 0.1) is 27.4 Å². The lowest BCUT2D eigenvalue weighted by Gasteiger charge is -2.40. The Bertz CT molecular complexity index is 1530. The first-order valence-corrected chi connectivity index (χ1v) is 19.0. The third-order valence-corrected chi connectivity index (χ3v) is 11.1. The van der Waals surface area contributed by atoms with Gasteiger partial charge in [-0.05, 0) is 73.5 Å². The first-order chi connectivity index (χ1) is 24.7. The average Bonchev–Trinajstić information content (AvgIpc) is 3.62. The molecule has 1 aliphatic heterocycles. The Kier molecular flexibility index (Phi) is 12.4. The molecule has 2 unspecified atom stereocenters. The van der Waals surface area contributed by atoms with Crippen molar-refractivity contribution in [1.82, 2.24) is 36.4 Å². The van der Waals surface area contributed by atoms with Gasteiger partial charge in [-0.15, -0.1) is 5.10 Å². The molecule has 5 amide bonds. The Morgan fingerprint density at radius 1 is 0.962 bits per heavy atom. The number of ketones is 1. The Morgan fingerprint density at radius 2 is 1.63 bits per heavy atom. The van der Waals surface area contributed by atoms with Gasteiger partial charge in [-0.3, -0.25) is 28.8 Å². The molecule has 3 aliphatic carbocycles. The third-order valence-electron chi connectivity index (χ3n) is 11.1. The van der Waals surface area contributed by atoms with Crippen LogP contribution >= 0.6 is 0 Å². The quantitative estimate of drug-likeness (QED) is 0.108. The summed E-state index contributed by atoms with van der Waals surface area (Å²) in [5.74, 6) is -4.27. The minimum atomic E-state index is -1.08. The van der Waals surface area contributed by atoms with Gasteiger partial charge in [0.2, 0.25) is 23.5 Å². The Hall–Kier alpha value is -4.37. The molecule has 16 heteroatoms. The maximum atomic E-state index is 14.8. The van der Waals surface area contributed by atoms with E-state index in [4.69, 9.17) is 0 Å². The fourth-order valence-corrected chi connectivity index (χ4v) is 8.11. The SMILES string of the molecule is CCC[C@H](NC(=O)[C@@H]1CC2CCCCC2N1C(=O)[C@@H](NC(=O)[C@@H](NC(=O)c1cc([N+](=O)[O-])[nH]n1)C1CCCCC1)C(C)(C)C)C(=O)C(=O)NC1CC1. The fraction of sp³-hybridized carbons (Fsp3) is 0.750. The lowest BCUT2D eigenvalue weighted by atomic mass is 9.81. The standard InChI is InChI=1S/C36H54N8O8/c1-5-11-23(29(45)34(49)37-22-16-17-22)38-32(47)26-18-21-14-9-10-15-25(21)43(26)35(50)30(36(2,3)4)40-33(48)28(20-12-7-6-8-13-20)39-31(46)24-19-27(42-41-24)44(51)52/h19-23,25-26,28,30H,5-18H2,1-4H3,(H,37,49)(H,38,47)(H,39,46)(H,40,48)(H,41,42)/t21?,23-,25?,26-,28-,30+/m0/s1. The number of fused-ring (bicyclic) bond motifs is 1. The molecule has 286 valence electrons. The number of hydrogen-bond acceptors (Lipinski definition) is 9. The van der Waals surface area contributed by atoms with Gasteiger partial charge in [0, 0.05) is 12.1 Å². The number of amides is 5. The van der Waals surface area contributed by atoms with Crippen molar-refractivity contribution in [3.8, 4) is 0 Å². The molecule has 3 saturated carbocycles. The van der Waals surface area contributed by atoms with Gasteiger partial charge in [0.25, 0.3) is 11.8 Å². The van der Waals surface area contributed by atoms with Crippen LogP contribution in [0.3, 0.4) is 0 Å². The maximum absolute atomic E-state index is 14.8. The van der Waals surface area contributed by atoms with Crippen molar-refractivity contribution in [2.75, 3.05) is 0 Å². The van der Waals surface area contributed by atoms with E-state index in [9.17, 15) is 38.9 Å². The second-order valence-corrected chi connectivity index (χ2v) is 16.1. The van der Waals surface area contributed by atoms with E-state index in [2.05, 4.69) is 31.5 Å². The molecular weight excluding hydrogens is 672 g/mol. The summed E-state index contributed by atoms with van der Waals surface area (Å²) in [6.07, 6.45) is 10.3. The van der Waals surface area contributed by atoms with Gasteiger partial charge in [-0.2, -0.15) is 0 Å². The summed E-state index contributed by atoms with van der Waals surface area (Å²) in [6.45, 7) is 7.34. The molecule has 1 saturated heterocycles. The Labute approximate surface area is 303 Å². The number of carbonyl (C=O) groups excluding carboxylic acids is 6. The topological polar surface area (TPSA) is 226 Å². The largest absolute Gasteiger partial charge is 0.358 e. The lowest BCUT2D eigenvalue weighted by Crippen LogP contribution is -2.63. The van der Waals surface area contributed by atoms with Crippen molar-refractivity contribution in [1.29, 1.82) is 0 Å². The van der Waals surface area contributed by atoms with Crippen molar-refractivity contribution in [3.05, 3.63) is 21.9 Å². The normalized spacial score (nSPS) is 23.8. The molecule has 0 spiro atoms. The van der Waals surface area contributed by atoms with Gasteiger partial charge in [0.1, 0.15) is 18.1 Å². The number of aromatic nitrogens is 2. The molecule has 16 nitrogen and oxygen atoms in total. The van der Waals surface area contributed by atoms with Gasteiger partial charge in [0.15, 0.2) is 5.69 Å².